The number of benzene rings is 2. The second-order valence-corrected chi connectivity index (χ2v) is 8.14. The van der Waals surface area contributed by atoms with E-state index in [0.29, 0.717) is 55.6 Å². The Labute approximate surface area is 181 Å². The summed E-state index contributed by atoms with van der Waals surface area (Å²) < 4.78 is 24.7. The van der Waals surface area contributed by atoms with E-state index < -0.39 is 5.82 Å². The summed E-state index contributed by atoms with van der Waals surface area (Å²) in [5.74, 6) is 0.431. The van der Waals surface area contributed by atoms with Crippen molar-refractivity contribution in [3.05, 3.63) is 65.5 Å². The number of rotatable bonds is 7. The smallest absolute Gasteiger partial charge is 0.254 e. The third kappa shape index (κ3) is 5.41. The molecular weight excluding hydrogens is 399 g/mol. The van der Waals surface area contributed by atoms with Gasteiger partial charge in [0.15, 0.2) is 0 Å². The number of amides is 2. The molecule has 0 N–H and O–H groups in total. The number of carbonyl (C=O) groups excluding carboxylic acids is 2. The highest BCUT2D eigenvalue weighted by molar-refractivity contribution is 5.95. The van der Waals surface area contributed by atoms with Crippen molar-refractivity contribution in [3.8, 4) is 5.75 Å². The Bertz CT molecular complexity index is 947. The lowest BCUT2D eigenvalue weighted by Gasteiger charge is -2.36. The van der Waals surface area contributed by atoms with E-state index in [1.807, 2.05) is 11.0 Å². The standard InChI is InChI=1S/C24H27FN2O4/c1-30-21-7-3-5-19(13-21)24(29)27(14-17-8-9-17)16-22-15-26(10-11-31-22)23(28)18-4-2-6-20(25)12-18/h2-7,12-13,17,22H,8-11,14-16H2,1H3. The summed E-state index contributed by atoms with van der Waals surface area (Å²) in [6.45, 7) is 2.27. The fourth-order valence-corrected chi connectivity index (χ4v) is 3.86. The quantitative estimate of drug-likeness (QED) is 0.682. The third-order valence-corrected chi connectivity index (χ3v) is 5.70. The van der Waals surface area contributed by atoms with Gasteiger partial charge in [-0.3, -0.25) is 9.59 Å². The van der Waals surface area contributed by atoms with Crippen LogP contribution in [-0.4, -0.2) is 67.6 Å². The van der Waals surface area contributed by atoms with E-state index in [9.17, 15) is 14.0 Å². The number of hydrogen-bond donors (Lipinski definition) is 0. The Kier molecular flexibility index (Phi) is 6.51. The topological polar surface area (TPSA) is 59.1 Å². The van der Waals surface area contributed by atoms with Gasteiger partial charge in [-0.2, -0.15) is 0 Å². The molecule has 0 spiro atoms. The second kappa shape index (κ2) is 9.47. The molecule has 1 aliphatic carbocycles. The highest BCUT2D eigenvalue weighted by Crippen LogP contribution is 2.30. The first-order valence-corrected chi connectivity index (χ1v) is 10.6. The minimum Gasteiger partial charge on any atom is -0.497 e. The molecule has 2 aromatic rings. The molecule has 2 aromatic carbocycles. The summed E-state index contributed by atoms with van der Waals surface area (Å²) in [4.78, 5) is 29.5. The molecule has 0 bridgehead atoms. The molecule has 1 unspecified atom stereocenters. The van der Waals surface area contributed by atoms with Crippen molar-refractivity contribution >= 4 is 11.8 Å². The van der Waals surface area contributed by atoms with Crippen molar-refractivity contribution in [2.24, 2.45) is 5.92 Å². The largest absolute Gasteiger partial charge is 0.497 e. The van der Waals surface area contributed by atoms with Crippen LogP contribution in [0.2, 0.25) is 0 Å². The number of morpholine rings is 1. The average molecular weight is 426 g/mol. The van der Waals surface area contributed by atoms with E-state index in [1.165, 1.54) is 18.2 Å². The number of carbonyl (C=O) groups is 2. The number of halogens is 1. The van der Waals surface area contributed by atoms with Gasteiger partial charge >= 0.3 is 0 Å². The molecule has 0 aromatic heterocycles. The molecule has 2 aliphatic rings. The van der Waals surface area contributed by atoms with Crippen LogP contribution in [0.15, 0.2) is 48.5 Å². The number of nitrogens with zero attached hydrogens (tertiary/aromatic N) is 2. The predicted octanol–water partition coefficient (Wildman–Crippen LogP) is 3.23. The van der Waals surface area contributed by atoms with Gasteiger partial charge in [-0.15, -0.1) is 0 Å². The minimum atomic E-state index is -0.435. The number of methoxy groups -OCH3 is 1. The van der Waals surface area contributed by atoms with Crippen LogP contribution >= 0.6 is 0 Å². The summed E-state index contributed by atoms with van der Waals surface area (Å²) >= 11 is 0. The highest BCUT2D eigenvalue weighted by Gasteiger charge is 2.32. The van der Waals surface area contributed by atoms with Crippen molar-refractivity contribution in [2.75, 3.05) is 39.9 Å². The monoisotopic (exact) mass is 426 g/mol. The molecule has 1 saturated heterocycles. The predicted molar refractivity (Wildman–Crippen MR) is 114 cm³/mol. The van der Waals surface area contributed by atoms with Gasteiger partial charge in [-0.1, -0.05) is 12.1 Å². The maximum atomic E-state index is 13.5. The van der Waals surface area contributed by atoms with Gasteiger partial charge in [-0.05, 0) is 55.2 Å². The van der Waals surface area contributed by atoms with Crippen molar-refractivity contribution in [3.63, 3.8) is 0 Å². The zero-order chi connectivity index (χ0) is 21.8. The van der Waals surface area contributed by atoms with Crippen LogP contribution in [0.25, 0.3) is 0 Å². The summed E-state index contributed by atoms with van der Waals surface area (Å²) in [7, 11) is 1.58. The van der Waals surface area contributed by atoms with E-state index in [4.69, 9.17) is 9.47 Å². The maximum absolute atomic E-state index is 13.5. The Hall–Kier alpha value is -2.93. The lowest BCUT2D eigenvalue weighted by molar-refractivity contribution is -0.0335. The molecule has 6 nitrogen and oxygen atoms in total. The minimum absolute atomic E-state index is 0.0667. The first kappa shape index (κ1) is 21.3. The van der Waals surface area contributed by atoms with Crippen molar-refractivity contribution < 1.29 is 23.5 Å². The Morgan fingerprint density at radius 2 is 1.90 bits per heavy atom. The zero-order valence-electron chi connectivity index (χ0n) is 17.6. The van der Waals surface area contributed by atoms with Crippen LogP contribution in [0, 0.1) is 11.7 Å². The molecule has 2 fully saturated rings. The summed E-state index contributed by atoms with van der Waals surface area (Å²) in [5.41, 5.74) is 0.895. The SMILES string of the molecule is COc1cccc(C(=O)N(CC2CC2)CC2CN(C(=O)c3cccc(F)c3)CCO2)c1. The maximum Gasteiger partial charge on any atom is 0.254 e. The highest BCUT2D eigenvalue weighted by atomic mass is 19.1. The van der Waals surface area contributed by atoms with E-state index in [1.54, 1.807) is 36.3 Å². The van der Waals surface area contributed by atoms with Crippen LogP contribution in [0.3, 0.4) is 0 Å². The first-order valence-electron chi connectivity index (χ1n) is 10.6. The molecule has 164 valence electrons. The normalized spacial score (nSPS) is 18.5. The first-order chi connectivity index (χ1) is 15.0. The van der Waals surface area contributed by atoms with Gasteiger partial charge in [0.05, 0.1) is 19.8 Å². The molecule has 4 rings (SSSR count). The molecule has 1 saturated carbocycles. The molecule has 7 heteroatoms. The fourth-order valence-electron chi connectivity index (χ4n) is 3.86. The molecule has 0 radical (unpaired) electrons. The van der Waals surface area contributed by atoms with Crippen LogP contribution in [0.4, 0.5) is 4.39 Å². The molecular formula is C24H27FN2O4. The fraction of sp³-hybridized carbons (Fsp3) is 0.417. The van der Waals surface area contributed by atoms with E-state index in [2.05, 4.69) is 0 Å². The van der Waals surface area contributed by atoms with Gasteiger partial charge in [0, 0.05) is 37.3 Å². The number of ether oxygens (including phenoxy) is 2. The third-order valence-electron chi connectivity index (χ3n) is 5.70. The van der Waals surface area contributed by atoms with Gasteiger partial charge in [-0.25, -0.2) is 4.39 Å². The van der Waals surface area contributed by atoms with Crippen molar-refractivity contribution in [2.45, 2.75) is 18.9 Å². The van der Waals surface area contributed by atoms with Crippen LogP contribution in [0.5, 0.6) is 5.75 Å². The summed E-state index contributed by atoms with van der Waals surface area (Å²) in [5, 5.41) is 0. The van der Waals surface area contributed by atoms with E-state index >= 15 is 0 Å². The lowest BCUT2D eigenvalue weighted by Crippen LogP contribution is -2.51. The molecule has 1 atom stereocenters. The molecule has 31 heavy (non-hydrogen) atoms. The van der Waals surface area contributed by atoms with Crippen LogP contribution in [-0.2, 0) is 4.74 Å². The Morgan fingerprint density at radius 1 is 1.13 bits per heavy atom. The van der Waals surface area contributed by atoms with E-state index in [-0.39, 0.29) is 17.9 Å². The van der Waals surface area contributed by atoms with Gasteiger partial charge in [0.2, 0.25) is 0 Å². The lowest BCUT2D eigenvalue weighted by atomic mass is 10.1. The van der Waals surface area contributed by atoms with Gasteiger partial charge < -0.3 is 19.3 Å². The summed E-state index contributed by atoms with van der Waals surface area (Å²) in [6.07, 6.45) is 1.95. The van der Waals surface area contributed by atoms with Crippen LogP contribution < -0.4 is 4.74 Å². The average Bonchev–Trinajstić information content (AvgIpc) is 3.62. The number of hydrogen-bond acceptors (Lipinski definition) is 4. The Balaban J connectivity index is 1.45. The Morgan fingerprint density at radius 3 is 2.65 bits per heavy atom. The molecule has 1 heterocycles. The second-order valence-electron chi connectivity index (χ2n) is 8.14. The van der Waals surface area contributed by atoms with Gasteiger partial charge in [0.1, 0.15) is 11.6 Å². The van der Waals surface area contributed by atoms with Crippen molar-refractivity contribution in [1.29, 1.82) is 0 Å². The van der Waals surface area contributed by atoms with E-state index in [0.717, 1.165) is 12.8 Å². The molecule has 2 amide bonds. The zero-order valence-corrected chi connectivity index (χ0v) is 17.6. The van der Waals surface area contributed by atoms with Gasteiger partial charge in [0.25, 0.3) is 11.8 Å². The van der Waals surface area contributed by atoms with Crippen LogP contribution in [0.1, 0.15) is 33.6 Å². The molecule has 1 aliphatic heterocycles. The van der Waals surface area contributed by atoms with Crippen molar-refractivity contribution in [1.82, 2.24) is 9.80 Å². The summed E-state index contributed by atoms with van der Waals surface area (Å²) in [6, 6.07) is 12.8.